The fourth-order valence-corrected chi connectivity index (χ4v) is 1.83. The number of hydrogen-bond donors (Lipinski definition) is 1. The van der Waals surface area contributed by atoms with Crippen LogP contribution in [0.5, 0.6) is 0 Å². The summed E-state index contributed by atoms with van der Waals surface area (Å²) in [6.07, 6.45) is 0. The predicted molar refractivity (Wildman–Crippen MR) is 71.7 cm³/mol. The molecule has 1 N–H and O–H groups in total. The van der Waals surface area contributed by atoms with Gasteiger partial charge >= 0.3 is 5.69 Å². The molecule has 0 unspecified atom stereocenters. The van der Waals surface area contributed by atoms with Crippen molar-refractivity contribution in [2.45, 2.75) is 6.54 Å². The molecule has 0 aliphatic carbocycles. The Morgan fingerprint density at radius 3 is 2.43 bits per heavy atom. The second kappa shape index (κ2) is 6.01. The Balaban J connectivity index is 2.23. The quantitative estimate of drug-likeness (QED) is 0.676. The van der Waals surface area contributed by atoms with E-state index in [2.05, 4.69) is 5.32 Å². The first-order valence-corrected chi connectivity index (χ1v) is 6.07. The first-order valence-electron chi connectivity index (χ1n) is 5.69. The zero-order valence-corrected chi connectivity index (χ0v) is 11.1. The highest BCUT2D eigenvalue weighted by Gasteiger charge is 2.18. The molecule has 0 fully saturated rings. The molecule has 0 aliphatic heterocycles. The zero-order valence-electron chi connectivity index (χ0n) is 10.4. The van der Waals surface area contributed by atoms with Gasteiger partial charge in [-0.2, -0.15) is 4.39 Å². The second-order valence-electron chi connectivity index (χ2n) is 4.13. The van der Waals surface area contributed by atoms with Gasteiger partial charge in [-0.05, 0) is 12.1 Å². The number of nitro groups is 1. The van der Waals surface area contributed by atoms with Crippen molar-refractivity contribution in [3.63, 3.8) is 0 Å². The van der Waals surface area contributed by atoms with E-state index in [-0.39, 0.29) is 22.8 Å². The number of nitrogens with one attached hydrogen (secondary N) is 1. The highest BCUT2D eigenvalue weighted by atomic mass is 35.5. The molecule has 2 aromatic carbocycles. The van der Waals surface area contributed by atoms with Crippen LogP contribution >= 0.6 is 11.6 Å². The summed E-state index contributed by atoms with van der Waals surface area (Å²) in [6.45, 7) is -0.136. The average Bonchev–Trinajstić information content (AvgIpc) is 2.39. The largest absolute Gasteiger partial charge is 0.378 e. The molecule has 0 amide bonds. The first-order chi connectivity index (χ1) is 9.88. The molecule has 0 saturated carbocycles. The molecule has 0 aliphatic rings. The first kappa shape index (κ1) is 15.1. The maximum atomic E-state index is 13.5. The summed E-state index contributed by atoms with van der Waals surface area (Å²) in [4.78, 5) is 9.62. The van der Waals surface area contributed by atoms with Crippen LogP contribution in [0.25, 0.3) is 0 Å². The SMILES string of the molecule is O=[N+]([O-])c1cc(NCc2ccc(Cl)cc2F)c(F)cc1F. The molecule has 0 spiro atoms. The van der Waals surface area contributed by atoms with Crippen LogP contribution in [0, 0.1) is 27.6 Å². The fraction of sp³-hybridized carbons (Fsp3) is 0.0769. The Bertz CT molecular complexity index is 710. The van der Waals surface area contributed by atoms with Gasteiger partial charge in [0.25, 0.3) is 0 Å². The number of rotatable bonds is 4. The van der Waals surface area contributed by atoms with Gasteiger partial charge in [0.15, 0.2) is 0 Å². The van der Waals surface area contributed by atoms with Crippen molar-refractivity contribution in [2.75, 3.05) is 5.32 Å². The van der Waals surface area contributed by atoms with E-state index in [1.54, 1.807) is 0 Å². The lowest BCUT2D eigenvalue weighted by atomic mass is 10.2. The fourth-order valence-electron chi connectivity index (χ4n) is 1.67. The minimum atomic E-state index is -1.28. The molecule has 0 atom stereocenters. The van der Waals surface area contributed by atoms with Crippen LogP contribution in [0.3, 0.4) is 0 Å². The third-order valence-electron chi connectivity index (χ3n) is 2.72. The number of hydrogen-bond acceptors (Lipinski definition) is 3. The Kier molecular flexibility index (Phi) is 4.32. The van der Waals surface area contributed by atoms with Crippen molar-refractivity contribution in [3.05, 3.63) is 68.5 Å². The van der Waals surface area contributed by atoms with E-state index in [1.807, 2.05) is 0 Å². The van der Waals surface area contributed by atoms with E-state index in [4.69, 9.17) is 11.6 Å². The van der Waals surface area contributed by atoms with Gasteiger partial charge in [-0.15, -0.1) is 0 Å². The highest BCUT2D eigenvalue weighted by molar-refractivity contribution is 6.30. The Morgan fingerprint density at radius 1 is 1.10 bits per heavy atom. The molecule has 2 rings (SSSR count). The minimum absolute atomic E-state index is 0.136. The molecular weight excluding hydrogens is 309 g/mol. The minimum Gasteiger partial charge on any atom is -0.378 e. The standard InChI is InChI=1S/C13H8ClF3N2O2/c14-8-2-1-7(9(15)3-8)6-18-12-5-13(19(20)21)11(17)4-10(12)16/h1-5,18H,6H2. The third kappa shape index (κ3) is 3.43. The van der Waals surface area contributed by atoms with Crippen molar-refractivity contribution >= 4 is 23.0 Å². The number of nitrogens with zero attached hydrogens (tertiary/aromatic N) is 1. The van der Waals surface area contributed by atoms with Crippen LogP contribution in [0.15, 0.2) is 30.3 Å². The Hall–Kier alpha value is -2.28. The highest BCUT2D eigenvalue weighted by Crippen LogP contribution is 2.26. The second-order valence-corrected chi connectivity index (χ2v) is 4.57. The van der Waals surface area contributed by atoms with Crippen LogP contribution in [-0.4, -0.2) is 4.92 Å². The molecular formula is C13H8ClF3N2O2. The predicted octanol–water partition coefficient (Wildman–Crippen LogP) is 4.28. The summed E-state index contributed by atoms with van der Waals surface area (Å²) in [5.41, 5.74) is -0.973. The van der Waals surface area contributed by atoms with E-state index < -0.39 is 28.1 Å². The summed E-state index contributed by atoms with van der Waals surface area (Å²) < 4.78 is 40.2. The zero-order chi connectivity index (χ0) is 15.6. The summed E-state index contributed by atoms with van der Waals surface area (Å²) in [5.74, 6) is -2.89. The van der Waals surface area contributed by atoms with Gasteiger partial charge in [0, 0.05) is 29.3 Å². The summed E-state index contributed by atoms with van der Waals surface area (Å²) in [6, 6.07) is 5.05. The Morgan fingerprint density at radius 2 is 1.81 bits per heavy atom. The van der Waals surface area contributed by atoms with Crippen molar-refractivity contribution in [1.82, 2.24) is 0 Å². The molecule has 0 heterocycles. The van der Waals surface area contributed by atoms with Gasteiger partial charge in [0.1, 0.15) is 11.6 Å². The number of nitro benzene ring substituents is 1. The number of halogens is 4. The molecule has 2 aromatic rings. The van der Waals surface area contributed by atoms with E-state index in [0.29, 0.717) is 6.07 Å². The van der Waals surface area contributed by atoms with Gasteiger partial charge in [0.05, 0.1) is 10.6 Å². The van der Waals surface area contributed by atoms with Crippen LogP contribution in [-0.2, 0) is 6.54 Å². The Labute approximate surface area is 122 Å². The van der Waals surface area contributed by atoms with Crippen molar-refractivity contribution in [2.24, 2.45) is 0 Å². The maximum Gasteiger partial charge on any atom is 0.307 e. The van der Waals surface area contributed by atoms with Gasteiger partial charge < -0.3 is 5.32 Å². The maximum absolute atomic E-state index is 13.5. The topological polar surface area (TPSA) is 55.2 Å². The van der Waals surface area contributed by atoms with Crippen LogP contribution in [0.4, 0.5) is 24.5 Å². The van der Waals surface area contributed by atoms with Crippen LogP contribution in [0.2, 0.25) is 5.02 Å². The number of anilines is 1. The van der Waals surface area contributed by atoms with Crippen LogP contribution < -0.4 is 5.32 Å². The van der Waals surface area contributed by atoms with Gasteiger partial charge in [0.2, 0.25) is 5.82 Å². The van der Waals surface area contributed by atoms with Gasteiger partial charge in [-0.3, -0.25) is 10.1 Å². The molecule has 0 aromatic heterocycles. The normalized spacial score (nSPS) is 10.5. The monoisotopic (exact) mass is 316 g/mol. The van der Waals surface area contributed by atoms with Crippen LogP contribution in [0.1, 0.15) is 5.56 Å². The molecule has 0 bridgehead atoms. The third-order valence-corrected chi connectivity index (χ3v) is 2.95. The lowest BCUT2D eigenvalue weighted by molar-refractivity contribution is -0.387. The van der Waals surface area contributed by atoms with Crippen molar-refractivity contribution in [1.29, 1.82) is 0 Å². The van der Waals surface area contributed by atoms with E-state index >= 15 is 0 Å². The smallest absolute Gasteiger partial charge is 0.307 e. The van der Waals surface area contributed by atoms with E-state index in [1.165, 1.54) is 12.1 Å². The summed E-state index contributed by atoms with van der Waals surface area (Å²) in [7, 11) is 0. The van der Waals surface area contributed by atoms with Crippen molar-refractivity contribution in [3.8, 4) is 0 Å². The lowest BCUT2D eigenvalue weighted by Crippen LogP contribution is -2.05. The molecule has 8 heteroatoms. The molecule has 21 heavy (non-hydrogen) atoms. The molecule has 0 saturated heterocycles. The summed E-state index contributed by atoms with van der Waals surface area (Å²) >= 11 is 5.60. The van der Waals surface area contributed by atoms with Gasteiger partial charge in [-0.1, -0.05) is 17.7 Å². The molecule has 110 valence electrons. The summed E-state index contributed by atoms with van der Waals surface area (Å²) in [5, 5.41) is 13.3. The molecule has 0 radical (unpaired) electrons. The van der Waals surface area contributed by atoms with Crippen molar-refractivity contribution < 1.29 is 18.1 Å². The van der Waals surface area contributed by atoms with Gasteiger partial charge in [-0.25, -0.2) is 8.78 Å². The average molecular weight is 317 g/mol. The van der Waals surface area contributed by atoms with E-state index in [0.717, 1.165) is 12.1 Å². The molecule has 4 nitrogen and oxygen atoms in total. The number of benzene rings is 2. The van der Waals surface area contributed by atoms with E-state index in [9.17, 15) is 23.3 Å². The lowest BCUT2D eigenvalue weighted by Gasteiger charge is -2.09.